The standard InChI is InChI=1S/C14H13BrN2O2/c1-9-7-13(10(2)19-9)14(18)17-16-8-11-3-5-12(15)6-4-11/h3-8H,1-2H3,(H,17,18). The predicted octanol–water partition coefficient (Wildman–Crippen LogP) is 3.42. The van der Waals surface area contributed by atoms with Crippen molar-refractivity contribution in [1.82, 2.24) is 5.43 Å². The molecule has 1 aromatic carbocycles. The molecule has 0 fully saturated rings. The fraction of sp³-hybridized carbons (Fsp3) is 0.143. The third-order valence-corrected chi connectivity index (χ3v) is 3.06. The van der Waals surface area contributed by atoms with Crippen LogP contribution in [0.2, 0.25) is 0 Å². The first-order valence-corrected chi connectivity index (χ1v) is 6.51. The van der Waals surface area contributed by atoms with E-state index in [0.717, 1.165) is 10.0 Å². The van der Waals surface area contributed by atoms with Crippen LogP contribution in [0.1, 0.15) is 27.4 Å². The van der Waals surface area contributed by atoms with Gasteiger partial charge in [0.05, 0.1) is 11.8 Å². The van der Waals surface area contributed by atoms with Crippen LogP contribution in [0.25, 0.3) is 0 Å². The van der Waals surface area contributed by atoms with Crippen molar-refractivity contribution in [2.24, 2.45) is 5.10 Å². The first-order chi connectivity index (χ1) is 9.06. The Morgan fingerprint density at radius 3 is 2.58 bits per heavy atom. The second-order valence-corrected chi connectivity index (χ2v) is 4.99. The van der Waals surface area contributed by atoms with E-state index in [1.165, 1.54) is 0 Å². The molecule has 0 aliphatic carbocycles. The number of hydrogen-bond donors (Lipinski definition) is 1. The Hall–Kier alpha value is -1.88. The van der Waals surface area contributed by atoms with Crippen LogP contribution >= 0.6 is 15.9 Å². The molecule has 1 amide bonds. The van der Waals surface area contributed by atoms with Crippen molar-refractivity contribution in [2.75, 3.05) is 0 Å². The summed E-state index contributed by atoms with van der Waals surface area (Å²) >= 11 is 3.35. The summed E-state index contributed by atoms with van der Waals surface area (Å²) in [5.74, 6) is 1.02. The average molecular weight is 321 g/mol. The molecule has 0 saturated carbocycles. The lowest BCUT2D eigenvalue weighted by atomic mass is 10.2. The third kappa shape index (κ3) is 3.54. The van der Waals surface area contributed by atoms with E-state index >= 15 is 0 Å². The molecule has 98 valence electrons. The molecule has 0 radical (unpaired) electrons. The monoisotopic (exact) mass is 320 g/mol. The number of rotatable bonds is 3. The number of benzene rings is 1. The van der Waals surface area contributed by atoms with E-state index in [4.69, 9.17) is 4.42 Å². The number of nitrogens with zero attached hydrogens (tertiary/aromatic N) is 1. The molecule has 0 aliphatic rings. The quantitative estimate of drug-likeness (QED) is 0.696. The van der Waals surface area contributed by atoms with Gasteiger partial charge in [-0.15, -0.1) is 0 Å². The first-order valence-electron chi connectivity index (χ1n) is 5.72. The third-order valence-electron chi connectivity index (χ3n) is 2.54. The Balaban J connectivity index is 2.00. The van der Waals surface area contributed by atoms with Crippen LogP contribution in [-0.4, -0.2) is 12.1 Å². The van der Waals surface area contributed by atoms with Gasteiger partial charge in [-0.3, -0.25) is 4.79 Å². The number of hydrogen-bond acceptors (Lipinski definition) is 3. The minimum absolute atomic E-state index is 0.275. The summed E-state index contributed by atoms with van der Waals surface area (Å²) in [5, 5.41) is 3.92. The highest BCUT2D eigenvalue weighted by Gasteiger charge is 2.12. The summed E-state index contributed by atoms with van der Waals surface area (Å²) in [4.78, 5) is 11.8. The fourth-order valence-corrected chi connectivity index (χ4v) is 1.90. The molecule has 0 bridgehead atoms. The lowest BCUT2D eigenvalue weighted by Crippen LogP contribution is -2.17. The Morgan fingerprint density at radius 2 is 2.00 bits per heavy atom. The molecule has 0 saturated heterocycles. The number of carbonyl (C=O) groups excluding carboxylic acids is 1. The summed E-state index contributed by atoms with van der Waals surface area (Å²) in [7, 11) is 0. The molecule has 1 heterocycles. The van der Waals surface area contributed by atoms with Gasteiger partial charge < -0.3 is 4.42 Å². The lowest BCUT2D eigenvalue weighted by molar-refractivity contribution is 0.0953. The van der Waals surface area contributed by atoms with E-state index in [1.807, 2.05) is 24.3 Å². The fourth-order valence-electron chi connectivity index (χ4n) is 1.63. The number of aryl methyl sites for hydroxylation is 2. The topological polar surface area (TPSA) is 54.6 Å². The number of furan rings is 1. The van der Waals surface area contributed by atoms with Gasteiger partial charge in [0.25, 0.3) is 5.91 Å². The van der Waals surface area contributed by atoms with E-state index < -0.39 is 0 Å². The zero-order chi connectivity index (χ0) is 13.8. The number of amides is 1. The zero-order valence-corrected chi connectivity index (χ0v) is 12.2. The van der Waals surface area contributed by atoms with Crippen molar-refractivity contribution in [3.05, 3.63) is 57.5 Å². The molecule has 2 rings (SSSR count). The number of carbonyl (C=O) groups is 1. The maximum Gasteiger partial charge on any atom is 0.274 e. The van der Waals surface area contributed by atoms with Crippen LogP contribution in [0.15, 0.2) is 44.3 Å². The van der Waals surface area contributed by atoms with E-state index in [-0.39, 0.29) is 5.91 Å². The predicted molar refractivity (Wildman–Crippen MR) is 77.4 cm³/mol. The molecule has 19 heavy (non-hydrogen) atoms. The van der Waals surface area contributed by atoms with Gasteiger partial charge in [0.1, 0.15) is 11.5 Å². The Bertz CT molecular complexity index is 615. The minimum Gasteiger partial charge on any atom is -0.466 e. The maximum absolute atomic E-state index is 11.8. The molecule has 0 unspecified atom stereocenters. The molecule has 0 aliphatic heterocycles. The Morgan fingerprint density at radius 1 is 1.32 bits per heavy atom. The number of nitrogens with one attached hydrogen (secondary N) is 1. The molecule has 4 nitrogen and oxygen atoms in total. The largest absolute Gasteiger partial charge is 0.466 e. The Kier molecular flexibility index (Phi) is 4.16. The summed E-state index contributed by atoms with van der Waals surface area (Å²) in [6.07, 6.45) is 1.59. The van der Waals surface area contributed by atoms with Crippen LogP contribution in [0.5, 0.6) is 0 Å². The second-order valence-electron chi connectivity index (χ2n) is 4.08. The summed E-state index contributed by atoms with van der Waals surface area (Å²) in [6.45, 7) is 3.55. The van der Waals surface area contributed by atoms with Gasteiger partial charge in [0.15, 0.2) is 0 Å². The second kappa shape index (κ2) is 5.84. The van der Waals surface area contributed by atoms with Crippen LogP contribution in [0, 0.1) is 13.8 Å². The van der Waals surface area contributed by atoms with Crippen LogP contribution in [0.4, 0.5) is 0 Å². The van der Waals surface area contributed by atoms with Crippen molar-refractivity contribution in [3.63, 3.8) is 0 Å². The lowest BCUT2D eigenvalue weighted by Gasteiger charge is -1.97. The summed E-state index contributed by atoms with van der Waals surface area (Å²) in [5.41, 5.74) is 3.89. The highest BCUT2D eigenvalue weighted by Crippen LogP contribution is 2.13. The molecular formula is C14H13BrN2O2. The number of halogens is 1. The molecule has 2 aromatic rings. The van der Waals surface area contributed by atoms with Gasteiger partial charge in [0, 0.05) is 4.47 Å². The van der Waals surface area contributed by atoms with Crippen LogP contribution < -0.4 is 5.43 Å². The van der Waals surface area contributed by atoms with Crippen molar-refractivity contribution < 1.29 is 9.21 Å². The first kappa shape index (κ1) is 13.5. The summed E-state index contributed by atoms with van der Waals surface area (Å²) in [6, 6.07) is 9.30. The van der Waals surface area contributed by atoms with Gasteiger partial charge in [0.2, 0.25) is 0 Å². The van der Waals surface area contributed by atoms with E-state index in [0.29, 0.717) is 17.1 Å². The highest BCUT2D eigenvalue weighted by molar-refractivity contribution is 9.10. The molecule has 1 aromatic heterocycles. The van der Waals surface area contributed by atoms with Gasteiger partial charge in [-0.05, 0) is 37.6 Å². The van der Waals surface area contributed by atoms with Gasteiger partial charge >= 0.3 is 0 Å². The van der Waals surface area contributed by atoms with Crippen molar-refractivity contribution in [3.8, 4) is 0 Å². The average Bonchev–Trinajstić information content (AvgIpc) is 2.71. The maximum atomic E-state index is 11.8. The van der Waals surface area contributed by atoms with E-state index in [1.54, 1.807) is 26.1 Å². The minimum atomic E-state index is -0.275. The summed E-state index contributed by atoms with van der Waals surface area (Å²) < 4.78 is 6.29. The van der Waals surface area contributed by atoms with Crippen molar-refractivity contribution in [2.45, 2.75) is 13.8 Å². The molecule has 0 atom stereocenters. The molecule has 1 N–H and O–H groups in total. The highest BCUT2D eigenvalue weighted by atomic mass is 79.9. The normalized spacial score (nSPS) is 10.9. The van der Waals surface area contributed by atoms with Gasteiger partial charge in [-0.2, -0.15) is 5.10 Å². The van der Waals surface area contributed by atoms with E-state index in [2.05, 4.69) is 26.5 Å². The van der Waals surface area contributed by atoms with E-state index in [9.17, 15) is 4.79 Å². The van der Waals surface area contributed by atoms with Crippen molar-refractivity contribution >= 4 is 28.1 Å². The Labute approximate surface area is 119 Å². The molecular weight excluding hydrogens is 308 g/mol. The van der Waals surface area contributed by atoms with Crippen LogP contribution in [0.3, 0.4) is 0 Å². The van der Waals surface area contributed by atoms with Crippen molar-refractivity contribution in [1.29, 1.82) is 0 Å². The number of hydrazone groups is 1. The van der Waals surface area contributed by atoms with Gasteiger partial charge in [-0.25, -0.2) is 5.43 Å². The SMILES string of the molecule is Cc1cc(C(=O)NN=Cc2ccc(Br)cc2)c(C)o1. The molecule has 0 spiro atoms. The zero-order valence-electron chi connectivity index (χ0n) is 10.6. The smallest absolute Gasteiger partial charge is 0.274 e. The van der Waals surface area contributed by atoms with Crippen LogP contribution in [-0.2, 0) is 0 Å². The van der Waals surface area contributed by atoms with Gasteiger partial charge in [-0.1, -0.05) is 28.1 Å². The molecule has 5 heteroatoms.